The summed E-state index contributed by atoms with van der Waals surface area (Å²) < 4.78 is 5.13. The topological polar surface area (TPSA) is 149 Å². The number of carboxylic acids is 1. The van der Waals surface area contributed by atoms with E-state index in [1.807, 2.05) is 0 Å². The Hall–Kier alpha value is -2.75. The van der Waals surface area contributed by atoms with Gasteiger partial charge < -0.3 is 20.5 Å². The number of hydrogen-bond donors (Lipinski definition) is 2. The Labute approximate surface area is 118 Å². The summed E-state index contributed by atoms with van der Waals surface area (Å²) in [5.41, 5.74) is 4.45. The second-order valence-corrected chi connectivity index (χ2v) is 4.31. The molecule has 0 radical (unpaired) electrons. The van der Waals surface area contributed by atoms with Crippen molar-refractivity contribution in [3.05, 3.63) is 27.9 Å². The normalized spacial score (nSPS) is 18.3. The van der Waals surface area contributed by atoms with Crippen molar-refractivity contribution in [3.8, 4) is 0 Å². The number of nitrogens with zero attached hydrogens (tertiary/aromatic N) is 3. The van der Waals surface area contributed by atoms with Gasteiger partial charge in [-0.3, -0.25) is 14.9 Å². The van der Waals surface area contributed by atoms with E-state index in [0.717, 1.165) is 12.3 Å². The molecule has 1 aliphatic heterocycles. The summed E-state index contributed by atoms with van der Waals surface area (Å²) in [6.45, 7) is 0.479. The molecular formula is C11H12N4O6. The van der Waals surface area contributed by atoms with Gasteiger partial charge in [0.2, 0.25) is 5.91 Å². The number of nitrogens with two attached hydrogens (primary N) is 1. The quantitative estimate of drug-likeness (QED) is 0.551. The summed E-state index contributed by atoms with van der Waals surface area (Å²) >= 11 is 0. The first kappa shape index (κ1) is 14.7. The van der Waals surface area contributed by atoms with E-state index in [1.165, 1.54) is 4.90 Å². The third-order valence-corrected chi connectivity index (χ3v) is 3.02. The number of aromatic nitrogens is 1. The van der Waals surface area contributed by atoms with Gasteiger partial charge in [-0.15, -0.1) is 0 Å². The van der Waals surface area contributed by atoms with Crippen molar-refractivity contribution >= 4 is 23.4 Å². The van der Waals surface area contributed by atoms with Gasteiger partial charge in [0, 0.05) is 12.6 Å². The Bertz CT molecular complexity index is 604. The van der Waals surface area contributed by atoms with Crippen LogP contribution in [0.15, 0.2) is 12.3 Å². The fourth-order valence-electron chi connectivity index (χ4n) is 2.03. The highest BCUT2D eigenvalue weighted by Crippen LogP contribution is 2.25. The monoisotopic (exact) mass is 296 g/mol. The van der Waals surface area contributed by atoms with Crippen LogP contribution in [-0.4, -0.2) is 52.7 Å². The Morgan fingerprint density at radius 1 is 1.57 bits per heavy atom. The summed E-state index contributed by atoms with van der Waals surface area (Å²) in [5, 5.41) is 19.9. The van der Waals surface area contributed by atoms with E-state index in [9.17, 15) is 24.8 Å². The van der Waals surface area contributed by atoms with Gasteiger partial charge in [0.25, 0.3) is 5.69 Å². The minimum Gasteiger partial charge on any atom is -0.478 e. The molecule has 1 amide bonds. The molecule has 2 heterocycles. The third kappa shape index (κ3) is 2.89. The van der Waals surface area contributed by atoms with Gasteiger partial charge in [0.15, 0.2) is 0 Å². The summed E-state index contributed by atoms with van der Waals surface area (Å²) in [6.07, 6.45) is 0.940. The number of anilines is 1. The molecule has 1 fully saturated rings. The molecule has 0 aromatic carbocycles. The lowest BCUT2D eigenvalue weighted by atomic mass is 10.1. The van der Waals surface area contributed by atoms with Gasteiger partial charge >= 0.3 is 5.97 Å². The van der Waals surface area contributed by atoms with Crippen LogP contribution in [0.4, 0.5) is 11.5 Å². The SMILES string of the molecule is NC(=O)C1COCCN1c1ncc([N+](=O)[O-])cc1C(=O)O. The summed E-state index contributed by atoms with van der Waals surface area (Å²) in [6, 6.07) is 0.0314. The second kappa shape index (κ2) is 5.71. The number of pyridine rings is 1. The summed E-state index contributed by atoms with van der Waals surface area (Å²) in [4.78, 5) is 37.9. The maximum absolute atomic E-state index is 11.4. The van der Waals surface area contributed by atoms with E-state index >= 15 is 0 Å². The van der Waals surface area contributed by atoms with Gasteiger partial charge in [0.1, 0.15) is 23.6 Å². The molecule has 1 unspecified atom stereocenters. The lowest BCUT2D eigenvalue weighted by molar-refractivity contribution is -0.385. The number of hydrogen-bond acceptors (Lipinski definition) is 7. The largest absolute Gasteiger partial charge is 0.478 e. The van der Waals surface area contributed by atoms with Crippen LogP contribution in [0.1, 0.15) is 10.4 Å². The molecule has 3 N–H and O–H groups in total. The average Bonchev–Trinajstić information content (AvgIpc) is 2.46. The number of primary amides is 1. The van der Waals surface area contributed by atoms with Crippen LogP contribution in [0.25, 0.3) is 0 Å². The highest BCUT2D eigenvalue weighted by Gasteiger charge is 2.32. The predicted molar refractivity (Wildman–Crippen MR) is 69.0 cm³/mol. The predicted octanol–water partition coefficient (Wildman–Crippen LogP) is -0.621. The molecule has 1 atom stereocenters. The van der Waals surface area contributed by atoms with E-state index in [1.54, 1.807) is 0 Å². The highest BCUT2D eigenvalue weighted by atomic mass is 16.6. The molecule has 0 aliphatic carbocycles. The van der Waals surface area contributed by atoms with Gasteiger partial charge in [-0.25, -0.2) is 9.78 Å². The van der Waals surface area contributed by atoms with Gasteiger partial charge in [-0.1, -0.05) is 0 Å². The Morgan fingerprint density at radius 2 is 2.29 bits per heavy atom. The molecule has 10 heteroatoms. The van der Waals surface area contributed by atoms with Crippen LogP contribution < -0.4 is 10.6 Å². The smallest absolute Gasteiger partial charge is 0.339 e. The summed E-state index contributed by atoms with van der Waals surface area (Å²) in [5.74, 6) is -2.11. The molecule has 2 rings (SSSR count). The number of rotatable bonds is 4. The van der Waals surface area contributed by atoms with Crippen molar-refractivity contribution < 1.29 is 24.4 Å². The van der Waals surface area contributed by atoms with Crippen LogP contribution >= 0.6 is 0 Å². The molecule has 10 nitrogen and oxygen atoms in total. The molecule has 21 heavy (non-hydrogen) atoms. The van der Waals surface area contributed by atoms with Crippen LogP contribution in [-0.2, 0) is 9.53 Å². The molecule has 0 spiro atoms. The zero-order valence-electron chi connectivity index (χ0n) is 10.8. The highest BCUT2D eigenvalue weighted by molar-refractivity contribution is 5.95. The Kier molecular flexibility index (Phi) is 3.98. The van der Waals surface area contributed by atoms with E-state index < -0.39 is 28.5 Å². The van der Waals surface area contributed by atoms with Crippen molar-refractivity contribution in [2.75, 3.05) is 24.7 Å². The molecule has 1 aromatic heterocycles. The van der Waals surface area contributed by atoms with E-state index in [-0.39, 0.29) is 31.1 Å². The number of amides is 1. The second-order valence-electron chi connectivity index (χ2n) is 4.31. The van der Waals surface area contributed by atoms with Crippen LogP contribution in [0.2, 0.25) is 0 Å². The van der Waals surface area contributed by atoms with E-state index in [4.69, 9.17) is 10.5 Å². The number of carbonyl (C=O) groups is 2. The maximum atomic E-state index is 11.4. The van der Waals surface area contributed by atoms with Crippen LogP contribution in [0.5, 0.6) is 0 Å². The molecule has 1 aromatic rings. The molecule has 1 saturated heterocycles. The van der Waals surface area contributed by atoms with E-state index in [0.29, 0.717) is 0 Å². The number of carbonyl (C=O) groups excluding carboxylic acids is 1. The van der Waals surface area contributed by atoms with Gasteiger partial charge in [0.05, 0.1) is 18.1 Å². The van der Waals surface area contributed by atoms with E-state index in [2.05, 4.69) is 4.98 Å². The number of aromatic carboxylic acids is 1. The third-order valence-electron chi connectivity index (χ3n) is 3.02. The van der Waals surface area contributed by atoms with Gasteiger partial charge in [-0.2, -0.15) is 0 Å². The molecule has 1 aliphatic rings. The molecule has 0 saturated carbocycles. The fraction of sp³-hybridized carbons (Fsp3) is 0.364. The van der Waals surface area contributed by atoms with Crippen molar-refractivity contribution in [1.29, 1.82) is 0 Å². The van der Waals surface area contributed by atoms with Crippen molar-refractivity contribution in [2.24, 2.45) is 5.73 Å². The maximum Gasteiger partial charge on any atom is 0.339 e. The Balaban J connectivity index is 2.48. The lowest BCUT2D eigenvalue weighted by Crippen LogP contribution is -2.53. The summed E-state index contributed by atoms with van der Waals surface area (Å²) in [7, 11) is 0. The van der Waals surface area contributed by atoms with Crippen molar-refractivity contribution in [1.82, 2.24) is 4.98 Å². The minimum atomic E-state index is -1.38. The molecular weight excluding hydrogens is 284 g/mol. The molecule has 112 valence electrons. The number of nitro groups is 1. The lowest BCUT2D eigenvalue weighted by Gasteiger charge is -2.34. The van der Waals surface area contributed by atoms with Crippen LogP contribution in [0.3, 0.4) is 0 Å². The zero-order valence-corrected chi connectivity index (χ0v) is 10.8. The van der Waals surface area contributed by atoms with Crippen molar-refractivity contribution in [2.45, 2.75) is 6.04 Å². The first-order chi connectivity index (χ1) is 9.91. The molecule has 0 bridgehead atoms. The first-order valence-corrected chi connectivity index (χ1v) is 5.93. The number of morpholine rings is 1. The fourth-order valence-corrected chi connectivity index (χ4v) is 2.03. The average molecular weight is 296 g/mol. The number of ether oxygens (including phenoxy) is 1. The van der Waals surface area contributed by atoms with Crippen molar-refractivity contribution in [3.63, 3.8) is 0 Å². The van der Waals surface area contributed by atoms with Crippen LogP contribution in [0, 0.1) is 10.1 Å². The van der Waals surface area contributed by atoms with Gasteiger partial charge in [-0.05, 0) is 0 Å². The first-order valence-electron chi connectivity index (χ1n) is 5.93. The number of carboxylic acid groups (broad SMARTS) is 1. The minimum absolute atomic E-state index is 0.00700. The Morgan fingerprint density at radius 3 is 2.86 bits per heavy atom. The standard InChI is InChI=1S/C11H12N4O6/c12-9(16)8-5-21-2-1-14(8)10-7(11(17)18)3-6(4-13-10)15(19)20/h3-4,8H,1-2,5H2,(H2,12,16)(H,17,18). The zero-order chi connectivity index (χ0) is 15.6.